The predicted molar refractivity (Wildman–Crippen MR) is 104 cm³/mol. The van der Waals surface area contributed by atoms with E-state index in [0.29, 0.717) is 11.3 Å². The van der Waals surface area contributed by atoms with Crippen LogP contribution in [0.15, 0.2) is 72.8 Å². The minimum Gasteiger partial charge on any atom is -0.452 e. The maximum atomic E-state index is 12.0. The Balaban J connectivity index is 1.50. The molecule has 0 aliphatic heterocycles. The minimum atomic E-state index is -0.618. The van der Waals surface area contributed by atoms with Crippen molar-refractivity contribution >= 4 is 34.4 Å². The fraction of sp³-hybridized carbons (Fsp3) is 0.0455. The van der Waals surface area contributed by atoms with Gasteiger partial charge in [0.25, 0.3) is 5.91 Å². The van der Waals surface area contributed by atoms with Gasteiger partial charge in [-0.2, -0.15) is 5.26 Å². The van der Waals surface area contributed by atoms with E-state index < -0.39 is 11.9 Å². The molecular formula is C22H16N2O3. The van der Waals surface area contributed by atoms with E-state index in [0.717, 1.165) is 16.3 Å². The highest BCUT2D eigenvalue weighted by Crippen LogP contribution is 2.18. The SMILES string of the molecule is N#Cc1ccc(/C=C/C(=O)OCC(=O)Nc2ccc3ccccc3c2)cc1. The number of carbonyl (C=O) groups excluding carboxylic acids is 2. The molecule has 0 saturated carbocycles. The van der Waals surface area contributed by atoms with E-state index in [9.17, 15) is 9.59 Å². The van der Waals surface area contributed by atoms with Crippen molar-refractivity contribution in [3.63, 3.8) is 0 Å². The molecule has 3 rings (SSSR count). The number of benzene rings is 3. The number of nitriles is 1. The summed E-state index contributed by atoms with van der Waals surface area (Å²) in [6.45, 7) is -0.372. The van der Waals surface area contributed by atoms with Crippen molar-refractivity contribution in [3.05, 3.63) is 83.9 Å². The summed E-state index contributed by atoms with van der Waals surface area (Å²) in [6, 6.07) is 22.2. The van der Waals surface area contributed by atoms with Gasteiger partial charge in [-0.15, -0.1) is 0 Å². The van der Waals surface area contributed by atoms with E-state index in [2.05, 4.69) is 5.32 Å². The van der Waals surface area contributed by atoms with Crippen LogP contribution in [0.5, 0.6) is 0 Å². The number of ether oxygens (including phenoxy) is 1. The van der Waals surface area contributed by atoms with Gasteiger partial charge < -0.3 is 10.1 Å². The lowest BCUT2D eigenvalue weighted by Crippen LogP contribution is -2.20. The van der Waals surface area contributed by atoms with Crippen LogP contribution in [0.25, 0.3) is 16.8 Å². The van der Waals surface area contributed by atoms with Gasteiger partial charge in [-0.25, -0.2) is 4.79 Å². The number of esters is 1. The quantitative estimate of drug-likeness (QED) is 0.555. The molecule has 27 heavy (non-hydrogen) atoms. The van der Waals surface area contributed by atoms with Crippen molar-refractivity contribution in [2.24, 2.45) is 0 Å². The van der Waals surface area contributed by atoms with Gasteiger partial charge in [-0.1, -0.05) is 42.5 Å². The van der Waals surface area contributed by atoms with E-state index in [1.807, 2.05) is 42.5 Å². The smallest absolute Gasteiger partial charge is 0.331 e. The Labute approximate surface area is 156 Å². The second-order valence-corrected chi connectivity index (χ2v) is 5.78. The monoisotopic (exact) mass is 356 g/mol. The van der Waals surface area contributed by atoms with Crippen molar-refractivity contribution in [1.82, 2.24) is 0 Å². The number of nitrogens with zero attached hydrogens (tertiary/aromatic N) is 1. The normalized spacial score (nSPS) is 10.5. The molecule has 0 aromatic heterocycles. The van der Waals surface area contributed by atoms with Crippen LogP contribution in [-0.2, 0) is 14.3 Å². The molecule has 5 nitrogen and oxygen atoms in total. The fourth-order valence-corrected chi connectivity index (χ4v) is 2.48. The van der Waals surface area contributed by atoms with Crippen molar-refractivity contribution in [2.75, 3.05) is 11.9 Å². The predicted octanol–water partition coefficient (Wildman–Crippen LogP) is 3.91. The van der Waals surface area contributed by atoms with Gasteiger partial charge in [0, 0.05) is 11.8 Å². The summed E-state index contributed by atoms with van der Waals surface area (Å²) in [4.78, 5) is 23.7. The van der Waals surface area contributed by atoms with Crippen LogP contribution in [0.3, 0.4) is 0 Å². The molecular weight excluding hydrogens is 340 g/mol. The van der Waals surface area contributed by atoms with Crippen LogP contribution < -0.4 is 5.32 Å². The van der Waals surface area contributed by atoms with Crippen LogP contribution in [0.4, 0.5) is 5.69 Å². The van der Waals surface area contributed by atoms with E-state index in [1.165, 1.54) is 6.08 Å². The molecule has 0 aliphatic carbocycles. The average Bonchev–Trinajstić information content (AvgIpc) is 2.71. The molecule has 0 unspecified atom stereocenters. The molecule has 0 bridgehead atoms. The summed E-state index contributed by atoms with van der Waals surface area (Å²) < 4.78 is 4.94. The summed E-state index contributed by atoms with van der Waals surface area (Å²) >= 11 is 0. The number of nitrogens with one attached hydrogen (secondary N) is 1. The van der Waals surface area contributed by atoms with Crippen LogP contribution >= 0.6 is 0 Å². The third-order valence-corrected chi connectivity index (χ3v) is 3.83. The molecule has 132 valence electrons. The van der Waals surface area contributed by atoms with Crippen LogP contribution in [0.2, 0.25) is 0 Å². The first kappa shape index (κ1) is 17.9. The van der Waals surface area contributed by atoms with E-state index in [1.54, 1.807) is 36.4 Å². The Kier molecular flexibility index (Phi) is 5.60. The number of hydrogen-bond donors (Lipinski definition) is 1. The van der Waals surface area contributed by atoms with Crippen LogP contribution in [0.1, 0.15) is 11.1 Å². The summed E-state index contributed by atoms with van der Waals surface area (Å²) in [7, 11) is 0. The number of fused-ring (bicyclic) bond motifs is 1. The third-order valence-electron chi connectivity index (χ3n) is 3.83. The van der Waals surface area contributed by atoms with Gasteiger partial charge in [0.15, 0.2) is 6.61 Å². The maximum Gasteiger partial charge on any atom is 0.331 e. The number of anilines is 1. The molecule has 1 amide bonds. The average molecular weight is 356 g/mol. The second kappa shape index (κ2) is 8.45. The first-order chi connectivity index (χ1) is 13.1. The number of carbonyl (C=O) groups is 2. The molecule has 0 radical (unpaired) electrons. The van der Waals surface area contributed by atoms with Gasteiger partial charge in [-0.05, 0) is 46.7 Å². The van der Waals surface area contributed by atoms with Crippen molar-refractivity contribution in [2.45, 2.75) is 0 Å². The topological polar surface area (TPSA) is 79.2 Å². The largest absolute Gasteiger partial charge is 0.452 e. The molecule has 0 spiro atoms. The zero-order chi connectivity index (χ0) is 19.1. The van der Waals surface area contributed by atoms with Crippen LogP contribution in [0, 0.1) is 11.3 Å². The van der Waals surface area contributed by atoms with Crippen molar-refractivity contribution < 1.29 is 14.3 Å². The van der Waals surface area contributed by atoms with Gasteiger partial charge in [-0.3, -0.25) is 4.79 Å². The fourth-order valence-electron chi connectivity index (χ4n) is 2.48. The molecule has 1 N–H and O–H groups in total. The van der Waals surface area contributed by atoms with Gasteiger partial charge in [0.2, 0.25) is 0 Å². The molecule has 3 aromatic rings. The van der Waals surface area contributed by atoms with Crippen molar-refractivity contribution in [3.8, 4) is 6.07 Å². The zero-order valence-electron chi connectivity index (χ0n) is 14.4. The Morgan fingerprint density at radius 3 is 2.48 bits per heavy atom. The Hall–Kier alpha value is -3.91. The lowest BCUT2D eigenvalue weighted by molar-refractivity contribution is -0.142. The minimum absolute atomic E-state index is 0.372. The lowest BCUT2D eigenvalue weighted by Gasteiger charge is -2.06. The summed E-state index contributed by atoms with van der Waals surface area (Å²) in [5.74, 6) is -1.03. The second-order valence-electron chi connectivity index (χ2n) is 5.78. The van der Waals surface area contributed by atoms with Gasteiger partial charge in [0.05, 0.1) is 11.6 Å². The van der Waals surface area contributed by atoms with Crippen LogP contribution in [-0.4, -0.2) is 18.5 Å². The third kappa shape index (κ3) is 5.03. The standard InChI is InChI=1S/C22H16N2O3/c23-14-17-7-5-16(6-8-17)9-12-22(26)27-15-21(25)24-20-11-10-18-3-1-2-4-19(18)13-20/h1-13H,15H2,(H,24,25)/b12-9+. The first-order valence-corrected chi connectivity index (χ1v) is 8.28. The highest BCUT2D eigenvalue weighted by Gasteiger charge is 2.06. The Morgan fingerprint density at radius 1 is 1.00 bits per heavy atom. The first-order valence-electron chi connectivity index (χ1n) is 8.28. The Bertz CT molecular complexity index is 1050. The summed E-state index contributed by atoms with van der Waals surface area (Å²) in [5.41, 5.74) is 1.94. The van der Waals surface area contributed by atoms with E-state index in [4.69, 9.17) is 10.00 Å². The van der Waals surface area contributed by atoms with Gasteiger partial charge in [0.1, 0.15) is 0 Å². The van der Waals surface area contributed by atoms with Crippen molar-refractivity contribution in [1.29, 1.82) is 5.26 Å². The molecule has 3 aromatic carbocycles. The molecule has 5 heteroatoms. The molecule has 0 fully saturated rings. The molecule has 0 aliphatic rings. The zero-order valence-corrected chi connectivity index (χ0v) is 14.4. The molecule has 0 saturated heterocycles. The summed E-state index contributed by atoms with van der Waals surface area (Å²) in [6.07, 6.45) is 2.80. The lowest BCUT2D eigenvalue weighted by atomic mass is 10.1. The number of hydrogen-bond acceptors (Lipinski definition) is 4. The Morgan fingerprint density at radius 2 is 1.74 bits per heavy atom. The van der Waals surface area contributed by atoms with Gasteiger partial charge >= 0.3 is 5.97 Å². The van der Waals surface area contributed by atoms with E-state index in [-0.39, 0.29) is 6.61 Å². The van der Waals surface area contributed by atoms with E-state index >= 15 is 0 Å². The highest BCUT2D eigenvalue weighted by molar-refractivity contribution is 5.96. The number of amides is 1. The highest BCUT2D eigenvalue weighted by atomic mass is 16.5. The number of rotatable bonds is 5. The maximum absolute atomic E-state index is 12.0. The summed E-state index contributed by atoms with van der Waals surface area (Å²) in [5, 5.41) is 13.5. The molecule has 0 heterocycles. The molecule has 0 atom stereocenters.